The second kappa shape index (κ2) is 6.29. The van der Waals surface area contributed by atoms with Gasteiger partial charge in [0.1, 0.15) is 0 Å². The molecule has 0 amide bonds. The normalized spacial score (nSPS) is 23.0. The van der Waals surface area contributed by atoms with Gasteiger partial charge in [-0.05, 0) is 48.6 Å². The lowest BCUT2D eigenvalue weighted by Crippen LogP contribution is -2.35. The average Bonchev–Trinajstić information content (AvgIpc) is 3.28. The van der Waals surface area contributed by atoms with Crippen molar-refractivity contribution in [2.45, 2.75) is 31.2 Å². The number of hydrogen-bond acceptors (Lipinski definition) is 3. The van der Waals surface area contributed by atoms with Crippen molar-refractivity contribution in [3.8, 4) is 0 Å². The number of nitrogens with two attached hydrogens (primary N) is 1. The van der Waals surface area contributed by atoms with E-state index in [0.29, 0.717) is 6.04 Å². The predicted molar refractivity (Wildman–Crippen MR) is 83.7 cm³/mol. The minimum absolute atomic E-state index is 0.414. The van der Waals surface area contributed by atoms with Crippen molar-refractivity contribution in [3.63, 3.8) is 0 Å². The molecule has 1 aromatic carbocycles. The van der Waals surface area contributed by atoms with E-state index >= 15 is 0 Å². The van der Waals surface area contributed by atoms with E-state index in [2.05, 4.69) is 40.9 Å². The van der Waals surface area contributed by atoms with Crippen molar-refractivity contribution in [2.75, 3.05) is 31.1 Å². The van der Waals surface area contributed by atoms with Gasteiger partial charge in [-0.3, -0.25) is 4.90 Å². The van der Waals surface area contributed by atoms with Crippen LogP contribution in [0.25, 0.3) is 0 Å². The van der Waals surface area contributed by atoms with E-state index in [4.69, 9.17) is 5.73 Å². The van der Waals surface area contributed by atoms with Gasteiger partial charge in [0.05, 0.1) is 0 Å². The van der Waals surface area contributed by atoms with E-state index < -0.39 is 0 Å². The predicted octanol–water partition coefficient (Wildman–Crippen LogP) is 3.00. The van der Waals surface area contributed by atoms with Crippen LogP contribution in [0, 0.1) is 0 Å². The molecule has 0 spiro atoms. The molecule has 0 aromatic heterocycles. The number of rotatable bonds is 4. The van der Waals surface area contributed by atoms with Crippen molar-refractivity contribution in [1.29, 1.82) is 0 Å². The molecule has 1 aromatic rings. The summed E-state index contributed by atoms with van der Waals surface area (Å²) < 4.78 is 0. The summed E-state index contributed by atoms with van der Waals surface area (Å²) in [5.74, 6) is 3.38. The third-order valence-corrected chi connectivity index (χ3v) is 5.31. The van der Waals surface area contributed by atoms with Gasteiger partial charge in [0, 0.05) is 24.9 Å². The molecule has 1 heterocycles. The van der Waals surface area contributed by atoms with E-state index in [1.54, 1.807) is 0 Å². The van der Waals surface area contributed by atoms with Crippen LogP contribution in [0.15, 0.2) is 24.3 Å². The first-order chi connectivity index (χ1) is 9.38. The van der Waals surface area contributed by atoms with Crippen LogP contribution in [0.4, 0.5) is 0 Å². The SMILES string of the molecule is NCC(c1cccc(C2CC2)c1)N1CCCSCC1. The molecule has 104 valence electrons. The fourth-order valence-corrected chi connectivity index (χ4v) is 3.91. The monoisotopic (exact) mass is 276 g/mol. The van der Waals surface area contributed by atoms with Crippen LogP contribution in [0.2, 0.25) is 0 Å². The number of hydrogen-bond donors (Lipinski definition) is 1. The summed E-state index contributed by atoms with van der Waals surface area (Å²) in [5, 5.41) is 0. The Bertz CT molecular complexity index is 409. The lowest BCUT2D eigenvalue weighted by molar-refractivity contribution is 0.218. The van der Waals surface area contributed by atoms with Crippen LogP contribution < -0.4 is 5.73 Å². The Morgan fingerprint density at radius 1 is 1.26 bits per heavy atom. The van der Waals surface area contributed by atoms with Crippen LogP contribution in [0.5, 0.6) is 0 Å². The lowest BCUT2D eigenvalue weighted by atomic mass is 10.0. The molecule has 2 N–H and O–H groups in total. The first kappa shape index (κ1) is 13.5. The molecule has 0 bridgehead atoms. The van der Waals surface area contributed by atoms with Crippen LogP contribution in [0.1, 0.15) is 42.3 Å². The summed E-state index contributed by atoms with van der Waals surface area (Å²) in [5.41, 5.74) is 9.04. The lowest BCUT2D eigenvalue weighted by Gasteiger charge is -2.30. The van der Waals surface area contributed by atoms with Gasteiger partial charge in [-0.25, -0.2) is 0 Å². The van der Waals surface area contributed by atoms with E-state index in [-0.39, 0.29) is 0 Å². The third-order valence-electron chi connectivity index (χ3n) is 4.27. The largest absolute Gasteiger partial charge is 0.329 e. The van der Waals surface area contributed by atoms with Crippen LogP contribution >= 0.6 is 11.8 Å². The Balaban J connectivity index is 1.77. The molecule has 1 aliphatic carbocycles. The maximum Gasteiger partial charge on any atom is 0.0470 e. The Labute approximate surface area is 120 Å². The summed E-state index contributed by atoms with van der Waals surface area (Å²) in [6, 6.07) is 9.59. The maximum atomic E-state index is 6.08. The molecule has 1 saturated carbocycles. The molecule has 1 aliphatic heterocycles. The Kier molecular flexibility index (Phi) is 4.46. The second-order valence-corrected chi connectivity index (χ2v) is 6.92. The highest BCUT2D eigenvalue weighted by molar-refractivity contribution is 7.99. The summed E-state index contributed by atoms with van der Waals surface area (Å²) >= 11 is 2.08. The highest BCUT2D eigenvalue weighted by Gasteiger charge is 2.25. The van der Waals surface area contributed by atoms with Gasteiger partial charge in [-0.2, -0.15) is 11.8 Å². The van der Waals surface area contributed by atoms with Gasteiger partial charge in [-0.15, -0.1) is 0 Å². The van der Waals surface area contributed by atoms with Crippen molar-refractivity contribution >= 4 is 11.8 Å². The number of nitrogens with zero attached hydrogens (tertiary/aromatic N) is 1. The summed E-state index contributed by atoms with van der Waals surface area (Å²) in [6.45, 7) is 3.11. The minimum atomic E-state index is 0.414. The van der Waals surface area contributed by atoms with Crippen molar-refractivity contribution in [2.24, 2.45) is 5.73 Å². The molecule has 2 aliphatic rings. The van der Waals surface area contributed by atoms with Crippen LogP contribution in [-0.2, 0) is 0 Å². The minimum Gasteiger partial charge on any atom is -0.329 e. The first-order valence-corrected chi connectivity index (χ1v) is 8.65. The van der Waals surface area contributed by atoms with Gasteiger partial charge in [0.25, 0.3) is 0 Å². The summed E-state index contributed by atoms with van der Waals surface area (Å²) in [7, 11) is 0. The molecular weight excluding hydrogens is 252 g/mol. The van der Waals surface area contributed by atoms with E-state index in [1.807, 2.05) is 0 Å². The molecule has 1 atom stereocenters. The fraction of sp³-hybridized carbons (Fsp3) is 0.625. The van der Waals surface area contributed by atoms with Crippen LogP contribution in [0.3, 0.4) is 0 Å². The van der Waals surface area contributed by atoms with Gasteiger partial charge in [0.2, 0.25) is 0 Å². The molecule has 2 fully saturated rings. The van der Waals surface area contributed by atoms with Crippen LogP contribution in [-0.4, -0.2) is 36.0 Å². The zero-order valence-electron chi connectivity index (χ0n) is 11.6. The first-order valence-electron chi connectivity index (χ1n) is 7.50. The topological polar surface area (TPSA) is 29.3 Å². The van der Waals surface area contributed by atoms with Gasteiger partial charge in [-0.1, -0.05) is 24.3 Å². The van der Waals surface area contributed by atoms with E-state index in [0.717, 1.165) is 12.5 Å². The molecular formula is C16H24N2S. The quantitative estimate of drug-likeness (QED) is 0.916. The highest BCUT2D eigenvalue weighted by atomic mass is 32.2. The third kappa shape index (κ3) is 3.33. The molecule has 1 unspecified atom stereocenters. The molecule has 19 heavy (non-hydrogen) atoms. The van der Waals surface area contributed by atoms with Crippen molar-refractivity contribution in [1.82, 2.24) is 4.90 Å². The fourth-order valence-electron chi connectivity index (χ4n) is 3.01. The van der Waals surface area contributed by atoms with Gasteiger partial charge < -0.3 is 5.73 Å². The summed E-state index contributed by atoms with van der Waals surface area (Å²) in [6.07, 6.45) is 4.04. The Hall–Kier alpha value is -0.510. The zero-order chi connectivity index (χ0) is 13.1. The zero-order valence-corrected chi connectivity index (χ0v) is 12.4. The van der Waals surface area contributed by atoms with Crippen molar-refractivity contribution < 1.29 is 0 Å². The Morgan fingerprint density at radius 2 is 2.16 bits per heavy atom. The molecule has 0 radical (unpaired) electrons. The molecule has 2 nitrogen and oxygen atoms in total. The average molecular weight is 276 g/mol. The standard InChI is InChI=1S/C16H24N2S/c17-12-16(18-7-2-9-19-10-8-18)15-4-1-3-14(11-15)13-5-6-13/h1,3-4,11,13,16H,2,5-10,12,17H2. The molecule has 3 rings (SSSR count). The van der Waals surface area contributed by atoms with Crippen molar-refractivity contribution in [3.05, 3.63) is 35.4 Å². The number of benzene rings is 1. The molecule has 1 saturated heterocycles. The van der Waals surface area contributed by atoms with E-state index in [1.165, 1.54) is 55.0 Å². The smallest absolute Gasteiger partial charge is 0.0470 e. The molecule has 3 heteroatoms. The maximum absolute atomic E-state index is 6.08. The second-order valence-electron chi connectivity index (χ2n) is 5.70. The van der Waals surface area contributed by atoms with Gasteiger partial charge in [0.15, 0.2) is 0 Å². The van der Waals surface area contributed by atoms with E-state index in [9.17, 15) is 0 Å². The number of thioether (sulfide) groups is 1. The van der Waals surface area contributed by atoms with Gasteiger partial charge >= 0.3 is 0 Å². The highest BCUT2D eigenvalue weighted by Crippen LogP contribution is 2.40. The Morgan fingerprint density at radius 3 is 2.95 bits per heavy atom. The summed E-state index contributed by atoms with van der Waals surface area (Å²) in [4.78, 5) is 2.59.